The van der Waals surface area contributed by atoms with Gasteiger partial charge in [-0.05, 0) is 37.3 Å². The van der Waals surface area contributed by atoms with Crippen molar-refractivity contribution in [3.63, 3.8) is 0 Å². The van der Waals surface area contributed by atoms with Crippen LogP contribution < -0.4 is 4.74 Å². The highest BCUT2D eigenvalue weighted by atomic mass is 19.1. The summed E-state index contributed by atoms with van der Waals surface area (Å²) in [5.74, 6) is 0.199. The molecule has 0 bridgehead atoms. The minimum atomic E-state index is -0.340. The smallest absolute Gasteiger partial charge is 0.254 e. The van der Waals surface area contributed by atoms with Crippen molar-refractivity contribution < 1.29 is 18.8 Å². The first-order valence-electron chi connectivity index (χ1n) is 10.5. The fraction of sp³-hybridized carbons (Fsp3) is 0.231. The SMILES string of the molecule is COc1ccccc1C1=NO[C@H](CN(Cc2ccccc2F)C(=O)c2ccc(C)cc2)C1. The van der Waals surface area contributed by atoms with Gasteiger partial charge in [0.15, 0.2) is 6.10 Å². The van der Waals surface area contributed by atoms with Crippen LogP contribution in [0.4, 0.5) is 4.39 Å². The molecule has 3 aromatic rings. The number of halogens is 1. The molecule has 3 aromatic carbocycles. The normalized spacial score (nSPS) is 15.1. The number of methoxy groups -OCH3 is 1. The molecule has 0 spiro atoms. The first-order valence-corrected chi connectivity index (χ1v) is 10.5. The molecule has 1 amide bonds. The number of carbonyl (C=O) groups excluding carboxylic acids is 1. The molecule has 0 radical (unpaired) electrons. The summed E-state index contributed by atoms with van der Waals surface area (Å²) < 4.78 is 19.8. The number of para-hydroxylation sites is 1. The van der Waals surface area contributed by atoms with Gasteiger partial charge in [0.2, 0.25) is 0 Å². The lowest BCUT2D eigenvalue weighted by Gasteiger charge is -2.25. The Morgan fingerprint density at radius 1 is 1.09 bits per heavy atom. The Bertz CT molecular complexity index is 1130. The minimum absolute atomic E-state index is 0.142. The fourth-order valence-corrected chi connectivity index (χ4v) is 3.74. The average Bonchev–Trinajstić information content (AvgIpc) is 3.28. The molecular weight excluding hydrogens is 407 g/mol. The van der Waals surface area contributed by atoms with E-state index < -0.39 is 0 Å². The predicted octanol–water partition coefficient (Wildman–Crippen LogP) is 4.98. The molecule has 0 unspecified atom stereocenters. The summed E-state index contributed by atoms with van der Waals surface area (Å²) in [5, 5.41) is 4.24. The van der Waals surface area contributed by atoms with E-state index >= 15 is 0 Å². The Kier molecular flexibility index (Phi) is 6.50. The van der Waals surface area contributed by atoms with Gasteiger partial charge in [0.25, 0.3) is 5.91 Å². The molecule has 1 heterocycles. The number of aryl methyl sites for hydroxylation is 1. The van der Waals surface area contributed by atoms with E-state index in [0.29, 0.717) is 17.5 Å². The van der Waals surface area contributed by atoms with Gasteiger partial charge in [-0.25, -0.2) is 4.39 Å². The summed E-state index contributed by atoms with van der Waals surface area (Å²) in [6, 6.07) is 21.5. The van der Waals surface area contributed by atoms with Gasteiger partial charge in [-0.1, -0.05) is 53.2 Å². The van der Waals surface area contributed by atoms with E-state index in [9.17, 15) is 9.18 Å². The Morgan fingerprint density at radius 2 is 1.81 bits per heavy atom. The van der Waals surface area contributed by atoms with Gasteiger partial charge in [-0.15, -0.1) is 0 Å². The lowest BCUT2D eigenvalue weighted by Crippen LogP contribution is -2.37. The Morgan fingerprint density at radius 3 is 2.56 bits per heavy atom. The first-order chi connectivity index (χ1) is 15.5. The molecule has 0 saturated carbocycles. The zero-order valence-electron chi connectivity index (χ0n) is 18.1. The molecular formula is C26H25FN2O3. The number of oxime groups is 1. The van der Waals surface area contributed by atoms with Crippen molar-refractivity contribution in [3.8, 4) is 5.75 Å². The van der Waals surface area contributed by atoms with Crippen molar-refractivity contribution in [1.29, 1.82) is 0 Å². The number of amides is 1. The van der Waals surface area contributed by atoms with E-state index in [0.717, 1.165) is 22.6 Å². The lowest BCUT2D eigenvalue weighted by molar-refractivity contribution is 0.0403. The van der Waals surface area contributed by atoms with Crippen LogP contribution in [0.2, 0.25) is 0 Å². The molecule has 5 nitrogen and oxygen atoms in total. The maximum atomic E-state index is 14.3. The Hall–Kier alpha value is -3.67. The number of nitrogens with zero attached hydrogens (tertiary/aromatic N) is 2. The molecule has 4 rings (SSSR count). The third-order valence-corrected chi connectivity index (χ3v) is 5.48. The van der Waals surface area contributed by atoms with Crippen LogP contribution in [0.5, 0.6) is 5.75 Å². The van der Waals surface area contributed by atoms with Gasteiger partial charge < -0.3 is 14.5 Å². The predicted molar refractivity (Wildman–Crippen MR) is 121 cm³/mol. The van der Waals surface area contributed by atoms with Crippen molar-refractivity contribution in [3.05, 3.63) is 101 Å². The first kappa shape index (κ1) is 21.6. The van der Waals surface area contributed by atoms with Crippen LogP contribution in [0.25, 0.3) is 0 Å². The minimum Gasteiger partial charge on any atom is -0.496 e. The highest BCUT2D eigenvalue weighted by Crippen LogP contribution is 2.25. The molecule has 1 aliphatic rings. The molecule has 164 valence electrons. The standard InChI is InChI=1S/C26H25FN2O3/c1-18-11-13-19(14-12-18)26(30)29(16-20-7-3-5-9-23(20)27)17-21-15-24(28-32-21)22-8-4-6-10-25(22)31-2/h3-14,21H,15-17H2,1-2H3/t21-/m0/s1. The van der Waals surface area contributed by atoms with Crippen LogP contribution in [0, 0.1) is 12.7 Å². The van der Waals surface area contributed by atoms with E-state index in [1.54, 1.807) is 42.3 Å². The second kappa shape index (κ2) is 9.64. The van der Waals surface area contributed by atoms with E-state index in [1.165, 1.54) is 6.07 Å². The van der Waals surface area contributed by atoms with Crippen LogP contribution in [0.15, 0.2) is 78.0 Å². The average molecular weight is 432 g/mol. The van der Waals surface area contributed by atoms with E-state index in [1.807, 2.05) is 43.3 Å². The highest BCUT2D eigenvalue weighted by molar-refractivity contribution is 6.03. The summed E-state index contributed by atoms with van der Waals surface area (Å²) in [6.45, 7) is 2.39. The van der Waals surface area contributed by atoms with Crippen LogP contribution in [0.1, 0.15) is 33.5 Å². The number of hydrogen-bond donors (Lipinski definition) is 0. The number of benzene rings is 3. The summed E-state index contributed by atoms with van der Waals surface area (Å²) in [7, 11) is 1.61. The van der Waals surface area contributed by atoms with Gasteiger partial charge in [0.05, 0.1) is 19.4 Å². The van der Waals surface area contributed by atoms with Crippen LogP contribution in [0.3, 0.4) is 0 Å². The molecule has 0 saturated heterocycles. The van der Waals surface area contributed by atoms with Gasteiger partial charge in [-0.3, -0.25) is 4.79 Å². The highest BCUT2D eigenvalue weighted by Gasteiger charge is 2.29. The van der Waals surface area contributed by atoms with Crippen LogP contribution in [-0.2, 0) is 11.4 Å². The fourth-order valence-electron chi connectivity index (χ4n) is 3.74. The quantitative estimate of drug-likeness (QED) is 0.529. The summed E-state index contributed by atoms with van der Waals surface area (Å²) >= 11 is 0. The summed E-state index contributed by atoms with van der Waals surface area (Å²) in [4.78, 5) is 20.6. The Labute approximate surface area is 187 Å². The molecule has 32 heavy (non-hydrogen) atoms. The monoisotopic (exact) mass is 432 g/mol. The second-order valence-corrected chi connectivity index (χ2v) is 7.81. The molecule has 0 fully saturated rings. The largest absolute Gasteiger partial charge is 0.496 e. The maximum Gasteiger partial charge on any atom is 0.254 e. The van der Waals surface area contributed by atoms with Gasteiger partial charge in [0, 0.05) is 29.7 Å². The van der Waals surface area contributed by atoms with E-state index in [-0.39, 0.29) is 30.9 Å². The van der Waals surface area contributed by atoms with Crippen molar-refractivity contribution in [2.75, 3.05) is 13.7 Å². The third kappa shape index (κ3) is 4.80. The summed E-state index contributed by atoms with van der Waals surface area (Å²) in [5.41, 5.74) is 3.70. The van der Waals surface area contributed by atoms with Gasteiger partial charge in [-0.2, -0.15) is 0 Å². The lowest BCUT2D eigenvalue weighted by atomic mass is 10.0. The molecule has 0 N–H and O–H groups in total. The molecule has 0 aromatic heterocycles. The molecule has 1 aliphatic heterocycles. The van der Waals surface area contributed by atoms with Crippen molar-refractivity contribution in [2.45, 2.75) is 26.0 Å². The Balaban J connectivity index is 1.53. The second-order valence-electron chi connectivity index (χ2n) is 7.81. The van der Waals surface area contributed by atoms with Crippen molar-refractivity contribution in [2.24, 2.45) is 5.16 Å². The van der Waals surface area contributed by atoms with Crippen LogP contribution >= 0.6 is 0 Å². The molecule has 0 aliphatic carbocycles. The zero-order chi connectivity index (χ0) is 22.5. The maximum absolute atomic E-state index is 14.3. The number of rotatable bonds is 7. The van der Waals surface area contributed by atoms with Gasteiger partial charge >= 0.3 is 0 Å². The number of ether oxygens (including phenoxy) is 1. The van der Waals surface area contributed by atoms with E-state index in [4.69, 9.17) is 9.57 Å². The molecule has 6 heteroatoms. The van der Waals surface area contributed by atoms with E-state index in [2.05, 4.69) is 5.16 Å². The topological polar surface area (TPSA) is 51.1 Å². The van der Waals surface area contributed by atoms with Crippen molar-refractivity contribution >= 4 is 11.6 Å². The summed E-state index contributed by atoms with van der Waals surface area (Å²) in [6.07, 6.45) is 0.186. The number of hydrogen-bond acceptors (Lipinski definition) is 4. The van der Waals surface area contributed by atoms with Crippen molar-refractivity contribution in [1.82, 2.24) is 4.90 Å². The third-order valence-electron chi connectivity index (χ3n) is 5.48. The van der Waals surface area contributed by atoms with Crippen LogP contribution in [-0.4, -0.2) is 36.3 Å². The van der Waals surface area contributed by atoms with Gasteiger partial charge in [0.1, 0.15) is 11.6 Å². The molecule has 1 atom stereocenters. The zero-order valence-corrected chi connectivity index (χ0v) is 18.1. The number of carbonyl (C=O) groups is 1.